The molecular weight excluding hydrogens is 384 g/mol. The van der Waals surface area contributed by atoms with Crippen molar-refractivity contribution in [2.75, 3.05) is 7.11 Å². The van der Waals surface area contributed by atoms with Gasteiger partial charge in [-0.15, -0.1) is 0 Å². The van der Waals surface area contributed by atoms with Gasteiger partial charge in [-0.1, -0.05) is 13.8 Å². The lowest BCUT2D eigenvalue weighted by Gasteiger charge is -2.61. The van der Waals surface area contributed by atoms with Crippen molar-refractivity contribution in [1.29, 1.82) is 0 Å². The summed E-state index contributed by atoms with van der Waals surface area (Å²) >= 11 is 0. The maximum atomic E-state index is 12.3. The van der Waals surface area contributed by atoms with Gasteiger partial charge in [-0.25, -0.2) is 9.78 Å². The number of carbonyl (C=O) groups excluding carboxylic acids is 1. The molecule has 0 unspecified atom stereocenters. The van der Waals surface area contributed by atoms with Crippen molar-refractivity contribution >= 4 is 11.9 Å². The molecule has 2 bridgehead atoms. The highest BCUT2D eigenvalue weighted by molar-refractivity contribution is 5.76. The van der Waals surface area contributed by atoms with Crippen molar-refractivity contribution in [2.45, 2.75) is 82.9 Å². The number of aliphatic carboxylic acids is 1. The molecule has 0 aromatic carbocycles. The highest BCUT2D eigenvalue weighted by atomic mass is 17.3. The van der Waals surface area contributed by atoms with Crippen LogP contribution in [0.3, 0.4) is 0 Å². The van der Waals surface area contributed by atoms with E-state index in [0.29, 0.717) is 12.8 Å². The van der Waals surface area contributed by atoms with Crippen molar-refractivity contribution in [3.63, 3.8) is 0 Å². The van der Waals surface area contributed by atoms with Gasteiger partial charge in [0, 0.05) is 31.3 Å². The Bertz CT molecular complexity index is 668. The second-order valence-corrected chi connectivity index (χ2v) is 8.97. The summed E-state index contributed by atoms with van der Waals surface area (Å²) in [5, 5.41) is 8.83. The van der Waals surface area contributed by atoms with Gasteiger partial charge in [0.2, 0.25) is 5.79 Å². The van der Waals surface area contributed by atoms with Crippen LogP contribution >= 0.6 is 0 Å². The number of carbonyl (C=O) groups is 2. The number of carboxylic acids is 1. The first-order valence-corrected chi connectivity index (χ1v) is 10.3. The minimum atomic E-state index is -1.02. The van der Waals surface area contributed by atoms with Gasteiger partial charge in [-0.3, -0.25) is 9.59 Å². The van der Waals surface area contributed by atoms with E-state index in [9.17, 15) is 9.59 Å². The van der Waals surface area contributed by atoms with Crippen LogP contribution < -0.4 is 0 Å². The van der Waals surface area contributed by atoms with Gasteiger partial charge in [0.1, 0.15) is 6.10 Å². The first-order valence-electron chi connectivity index (χ1n) is 10.3. The summed E-state index contributed by atoms with van der Waals surface area (Å²) in [4.78, 5) is 34.9. The maximum Gasteiger partial charge on any atom is 0.306 e. The topological polar surface area (TPSA) is 110 Å². The molecule has 5 fully saturated rings. The van der Waals surface area contributed by atoms with Crippen LogP contribution in [0, 0.1) is 23.7 Å². The maximum absolute atomic E-state index is 12.3. The van der Waals surface area contributed by atoms with E-state index in [4.69, 9.17) is 33.8 Å². The molecule has 4 aliphatic heterocycles. The fraction of sp³-hybridized carbons (Fsp3) is 0.900. The fourth-order valence-corrected chi connectivity index (χ4v) is 5.67. The molecule has 29 heavy (non-hydrogen) atoms. The van der Waals surface area contributed by atoms with Gasteiger partial charge in [0.15, 0.2) is 18.2 Å². The van der Waals surface area contributed by atoms with Crippen LogP contribution in [0.4, 0.5) is 0 Å². The van der Waals surface area contributed by atoms with Gasteiger partial charge >= 0.3 is 11.9 Å². The number of fused-ring (bicyclic) bond motifs is 2. The normalized spacial score (nSPS) is 48.5. The van der Waals surface area contributed by atoms with Crippen molar-refractivity contribution in [3.05, 3.63) is 0 Å². The zero-order valence-corrected chi connectivity index (χ0v) is 17.3. The average molecular weight is 414 g/mol. The molecule has 0 amide bonds. The Hall–Kier alpha value is -1.26. The van der Waals surface area contributed by atoms with E-state index >= 15 is 0 Å². The molecule has 4 heterocycles. The zero-order chi connectivity index (χ0) is 21.0. The second-order valence-electron chi connectivity index (χ2n) is 8.97. The fourth-order valence-electron chi connectivity index (χ4n) is 5.67. The first kappa shape index (κ1) is 21.0. The van der Waals surface area contributed by atoms with Crippen molar-refractivity contribution in [3.8, 4) is 0 Å². The monoisotopic (exact) mass is 414 g/mol. The zero-order valence-electron chi connectivity index (χ0n) is 17.3. The largest absolute Gasteiger partial charge is 0.481 e. The van der Waals surface area contributed by atoms with Crippen LogP contribution in [0.15, 0.2) is 0 Å². The third kappa shape index (κ3) is 3.37. The number of hydrogen-bond acceptors (Lipinski definition) is 8. The van der Waals surface area contributed by atoms with Gasteiger partial charge in [0.25, 0.3) is 0 Å². The molecule has 164 valence electrons. The van der Waals surface area contributed by atoms with E-state index in [-0.39, 0.29) is 42.6 Å². The van der Waals surface area contributed by atoms with E-state index in [0.717, 1.165) is 6.42 Å². The van der Waals surface area contributed by atoms with Crippen LogP contribution in [0.25, 0.3) is 0 Å². The molecule has 9 nitrogen and oxygen atoms in total. The lowest BCUT2D eigenvalue weighted by molar-refractivity contribution is -0.578. The van der Waals surface area contributed by atoms with E-state index in [1.54, 1.807) is 7.11 Å². The molecule has 5 rings (SSSR count). The van der Waals surface area contributed by atoms with E-state index in [1.165, 1.54) is 0 Å². The number of ether oxygens (including phenoxy) is 4. The third-order valence-electron chi connectivity index (χ3n) is 7.24. The Balaban J connectivity index is 1.63. The Labute approximate surface area is 169 Å². The molecule has 9 heteroatoms. The van der Waals surface area contributed by atoms with Crippen molar-refractivity contribution in [2.24, 2.45) is 23.7 Å². The summed E-state index contributed by atoms with van der Waals surface area (Å²) < 4.78 is 23.7. The van der Waals surface area contributed by atoms with E-state index in [2.05, 4.69) is 0 Å². The van der Waals surface area contributed by atoms with Gasteiger partial charge in [-0.2, -0.15) is 0 Å². The molecular formula is C20H30O9. The molecule has 0 radical (unpaired) electrons. The van der Waals surface area contributed by atoms with Gasteiger partial charge < -0.3 is 24.1 Å². The summed E-state index contributed by atoms with van der Waals surface area (Å²) in [5.74, 6) is -2.55. The summed E-state index contributed by atoms with van der Waals surface area (Å²) in [7, 11) is 1.60. The van der Waals surface area contributed by atoms with Crippen LogP contribution in [-0.4, -0.2) is 54.2 Å². The lowest BCUT2D eigenvalue weighted by atomic mass is 9.57. The van der Waals surface area contributed by atoms with E-state index in [1.807, 2.05) is 20.8 Å². The summed E-state index contributed by atoms with van der Waals surface area (Å²) in [6, 6.07) is 0. The quantitative estimate of drug-likeness (QED) is 0.535. The molecule has 1 saturated carbocycles. The Morgan fingerprint density at radius 2 is 1.90 bits per heavy atom. The summed E-state index contributed by atoms with van der Waals surface area (Å²) in [5.41, 5.74) is -0.798. The summed E-state index contributed by atoms with van der Waals surface area (Å²) in [6.45, 7) is 5.91. The van der Waals surface area contributed by atoms with Crippen molar-refractivity contribution in [1.82, 2.24) is 0 Å². The second kappa shape index (κ2) is 7.46. The number of hydrogen-bond donors (Lipinski definition) is 1. The highest BCUT2D eigenvalue weighted by Gasteiger charge is 2.71. The van der Waals surface area contributed by atoms with Crippen molar-refractivity contribution < 1.29 is 43.4 Å². The first-order chi connectivity index (χ1) is 13.7. The van der Waals surface area contributed by atoms with Crippen LogP contribution in [0.2, 0.25) is 0 Å². The number of carboxylic acid groups (broad SMARTS) is 1. The molecule has 1 N–H and O–H groups in total. The number of methoxy groups -OCH3 is 1. The van der Waals surface area contributed by atoms with E-state index < -0.39 is 35.9 Å². The molecule has 4 saturated heterocycles. The van der Waals surface area contributed by atoms with Crippen LogP contribution in [0.5, 0.6) is 0 Å². The standard InChI is InChI=1S/C20H30O9/c1-10-12-7-8-19(3)27-18-20(12,29-28-19)13(11(2)17(24-4)26-18)9-14(10)25-16(23)6-5-15(21)22/h10-14,17-18H,5-9H2,1-4H3,(H,21,22)/t10-,11+,12-,13-,14-,17-,18+,19+,20+/m0/s1. The Morgan fingerprint density at radius 1 is 1.14 bits per heavy atom. The van der Waals surface area contributed by atoms with Crippen LogP contribution in [0.1, 0.15) is 52.9 Å². The number of rotatable bonds is 5. The molecule has 5 aliphatic rings. The Morgan fingerprint density at radius 3 is 2.59 bits per heavy atom. The third-order valence-corrected chi connectivity index (χ3v) is 7.24. The van der Waals surface area contributed by atoms with Crippen LogP contribution in [-0.2, 0) is 38.3 Å². The molecule has 0 aromatic heterocycles. The predicted molar refractivity (Wildman–Crippen MR) is 96.0 cm³/mol. The van der Waals surface area contributed by atoms with Gasteiger partial charge in [-0.05, 0) is 25.7 Å². The average Bonchev–Trinajstić information content (AvgIpc) is 2.90. The molecule has 1 spiro atoms. The SMILES string of the molecule is CO[C@H]1O[C@@H]2O[C@@]3(C)CC[C@H]4[C@H](C)[C@@H](OC(=O)CCC(=O)O)C[C@@H]([C@H]1C)[C@@]24OO3. The minimum Gasteiger partial charge on any atom is -0.481 e. The smallest absolute Gasteiger partial charge is 0.306 e. The lowest BCUT2D eigenvalue weighted by Crippen LogP contribution is -2.72. The summed E-state index contributed by atoms with van der Waals surface area (Å²) in [6.07, 6.45) is 0.124. The number of esters is 1. The minimum absolute atomic E-state index is 0.00638. The predicted octanol–water partition coefficient (Wildman–Crippen LogP) is 2.23. The highest BCUT2D eigenvalue weighted by Crippen LogP contribution is 2.61. The molecule has 9 atom stereocenters. The molecule has 0 aromatic rings. The molecule has 1 aliphatic carbocycles. The van der Waals surface area contributed by atoms with Gasteiger partial charge in [0.05, 0.1) is 12.8 Å². The Kier molecular flexibility index (Phi) is 5.40.